The molecule has 1 rings (SSSR count). The van der Waals surface area contributed by atoms with E-state index in [-0.39, 0.29) is 23.8 Å². The van der Waals surface area contributed by atoms with Crippen LogP contribution in [-0.4, -0.2) is 32.2 Å². The van der Waals surface area contributed by atoms with E-state index in [4.69, 9.17) is 9.47 Å². The molecule has 0 radical (unpaired) electrons. The molecule has 0 bridgehead atoms. The quantitative estimate of drug-likeness (QED) is 0.141. The lowest BCUT2D eigenvalue weighted by molar-refractivity contribution is -0.162. The fourth-order valence-electron chi connectivity index (χ4n) is 3.41. The van der Waals surface area contributed by atoms with Crippen LogP contribution in [0.2, 0.25) is 25.7 Å². The van der Waals surface area contributed by atoms with Crippen molar-refractivity contribution < 1.29 is 19.1 Å². The van der Waals surface area contributed by atoms with Gasteiger partial charge in [0, 0.05) is 11.6 Å². The number of rotatable bonds is 13. The number of aryl methyl sites for hydroxylation is 1. The summed E-state index contributed by atoms with van der Waals surface area (Å²) in [6.07, 6.45) is 4.65. The lowest BCUT2D eigenvalue weighted by Crippen LogP contribution is -2.32. The maximum Gasteiger partial charge on any atom is 0.309 e. The van der Waals surface area contributed by atoms with Gasteiger partial charge in [-0.3, -0.25) is 9.59 Å². The SMILES string of the molecule is CCCC[C@@H](C[C@@H](CCc1ccc(I)cc1)C(=O)OCC[Si](C)(C)C)C(=O)OC(C)(C)C. The van der Waals surface area contributed by atoms with Gasteiger partial charge in [-0.25, -0.2) is 0 Å². The summed E-state index contributed by atoms with van der Waals surface area (Å²) in [5.41, 5.74) is 0.670. The molecule has 1 aromatic rings. The highest BCUT2D eigenvalue weighted by Gasteiger charge is 2.31. The maximum absolute atomic E-state index is 13.1. The Morgan fingerprint density at radius 3 is 2.12 bits per heavy atom. The Morgan fingerprint density at radius 1 is 1.00 bits per heavy atom. The summed E-state index contributed by atoms with van der Waals surface area (Å²) in [4.78, 5) is 26.0. The standard InChI is InChI=1S/C26H43IO4Si/c1-8-9-10-21(25(29)31-26(2,3)4)19-22(24(28)30-17-18-32(5,6)7)14-11-20-12-15-23(27)16-13-20/h12-13,15-16,21-22H,8-11,14,17-19H2,1-7H3/t21-,22+/m0/s1. The number of carbonyl (C=O) groups excluding carboxylic acids is 2. The second kappa shape index (κ2) is 13.7. The molecule has 182 valence electrons. The van der Waals surface area contributed by atoms with Crippen LogP contribution in [0.5, 0.6) is 0 Å². The molecule has 0 heterocycles. The van der Waals surface area contributed by atoms with Crippen LogP contribution < -0.4 is 0 Å². The number of carbonyl (C=O) groups is 2. The van der Waals surface area contributed by atoms with Crippen molar-refractivity contribution in [1.82, 2.24) is 0 Å². The first-order chi connectivity index (χ1) is 14.8. The van der Waals surface area contributed by atoms with Crippen LogP contribution in [0.15, 0.2) is 24.3 Å². The first-order valence-corrected chi connectivity index (χ1v) is 16.7. The highest BCUT2D eigenvalue weighted by atomic mass is 127. The van der Waals surface area contributed by atoms with E-state index in [2.05, 4.69) is 73.4 Å². The van der Waals surface area contributed by atoms with Gasteiger partial charge >= 0.3 is 11.9 Å². The Bertz CT molecular complexity index is 704. The van der Waals surface area contributed by atoms with Crippen LogP contribution in [-0.2, 0) is 25.5 Å². The molecule has 2 atom stereocenters. The molecule has 0 saturated heterocycles. The predicted octanol–water partition coefficient (Wildman–Crippen LogP) is 7.26. The summed E-state index contributed by atoms with van der Waals surface area (Å²) in [5, 5.41) is 0. The number of hydrogen-bond acceptors (Lipinski definition) is 4. The van der Waals surface area contributed by atoms with Gasteiger partial charge in [0.05, 0.1) is 18.4 Å². The Labute approximate surface area is 210 Å². The van der Waals surface area contributed by atoms with E-state index in [1.807, 2.05) is 20.8 Å². The van der Waals surface area contributed by atoms with Crippen LogP contribution in [0, 0.1) is 15.4 Å². The normalized spacial score (nSPS) is 14.0. The first kappa shape index (κ1) is 29.1. The van der Waals surface area contributed by atoms with E-state index >= 15 is 0 Å². The van der Waals surface area contributed by atoms with E-state index in [1.54, 1.807) is 0 Å². The molecule has 1 aromatic carbocycles. The van der Waals surface area contributed by atoms with Gasteiger partial charge < -0.3 is 9.47 Å². The molecule has 0 aliphatic carbocycles. The number of benzene rings is 1. The molecule has 0 unspecified atom stereocenters. The van der Waals surface area contributed by atoms with E-state index < -0.39 is 13.7 Å². The van der Waals surface area contributed by atoms with Gasteiger partial charge in [0.25, 0.3) is 0 Å². The molecule has 0 saturated carbocycles. The van der Waals surface area contributed by atoms with Crippen molar-refractivity contribution in [2.75, 3.05) is 6.61 Å². The third-order valence-electron chi connectivity index (χ3n) is 5.34. The maximum atomic E-state index is 13.1. The summed E-state index contributed by atoms with van der Waals surface area (Å²) < 4.78 is 12.6. The summed E-state index contributed by atoms with van der Waals surface area (Å²) in [7, 11) is -1.28. The number of hydrogen-bond donors (Lipinski definition) is 0. The van der Waals surface area contributed by atoms with Crippen molar-refractivity contribution in [3.8, 4) is 0 Å². The molecule has 4 nitrogen and oxygen atoms in total. The van der Waals surface area contributed by atoms with Gasteiger partial charge in [-0.05, 0) is 92.8 Å². The minimum atomic E-state index is -1.28. The van der Waals surface area contributed by atoms with Crippen molar-refractivity contribution in [3.63, 3.8) is 0 Å². The van der Waals surface area contributed by atoms with Gasteiger partial charge in [0.2, 0.25) is 0 Å². The van der Waals surface area contributed by atoms with Gasteiger partial charge in [0.1, 0.15) is 5.60 Å². The summed E-state index contributed by atoms with van der Waals surface area (Å²) >= 11 is 2.29. The van der Waals surface area contributed by atoms with E-state index in [0.29, 0.717) is 19.4 Å². The summed E-state index contributed by atoms with van der Waals surface area (Å²) in [5.74, 6) is -0.940. The highest BCUT2D eigenvalue weighted by Crippen LogP contribution is 2.27. The number of unbranched alkanes of at least 4 members (excludes halogenated alkanes) is 1. The topological polar surface area (TPSA) is 52.6 Å². The Morgan fingerprint density at radius 2 is 1.59 bits per heavy atom. The van der Waals surface area contributed by atoms with E-state index in [9.17, 15) is 9.59 Å². The zero-order valence-corrected chi connectivity index (χ0v) is 24.3. The predicted molar refractivity (Wildman–Crippen MR) is 144 cm³/mol. The Kier molecular flexibility index (Phi) is 12.5. The Hall–Kier alpha value is -0.893. The third-order valence-corrected chi connectivity index (χ3v) is 7.76. The van der Waals surface area contributed by atoms with Crippen LogP contribution in [0.4, 0.5) is 0 Å². The van der Waals surface area contributed by atoms with E-state index in [1.165, 1.54) is 9.13 Å². The molecule has 0 amide bonds. The highest BCUT2D eigenvalue weighted by molar-refractivity contribution is 14.1. The van der Waals surface area contributed by atoms with Crippen molar-refractivity contribution in [1.29, 1.82) is 0 Å². The second-order valence-electron chi connectivity index (χ2n) is 10.9. The molecule has 0 aliphatic heterocycles. The zero-order chi connectivity index (χ0) is 24.4. The Balaban J connectivity index is 2.93. The van der Waals surface area contributed by atoms with Crippen molar-refractivity contribution >= 4 is 42.6 Å². The van der Waals surface area contributed by atoms with Gasteiger partial charge in [-0.2, -0.15) is 0 Å². The molecule has 0 aliphatic rings. The average molecular weight is 575 g/mol. The van der Waals surface area contributed by atoms with Crippen molar-refractivity contribution in [2.45, 2.75) is 97.5 Å². The van der Waals surface area contributed by atoms with Crippen LogP contribution in [0.1, 0.15) is 65.4 Å². The zero-order valence-electron chi connectivity index (χ0n) is 21.1. The number of halogens is 1. The first-order valence-electron chi connectivity index (χ1n) is 11.9. The number of ether oxygens (including phenoxy) is 2. The van der Waals surface area contributed by atoms with Crippen LogP contribution in [0.25, 0.3) is 0 Å². The molecular weight excluding hydrogens is 531 g/mol. The lowest BCUT2D eigenvalue weighted by Gasteiger charge is -2.26. The molecule has 0 aromatic heterocycles. The molecule has 6 heteroatoms. The van der Waals surface area contributed by atoms with Crippen molar-refractivity contribution in [2.24, 2.45) is 11.8 Å². The number of esters is 2. The molecular formula is C26H43IO4Si. The summed E-state index contributed by atoms with van der Waals surface area (Å²) in [6, 6.07) is 9.34. The minimum absolute atomic E-state index is 0.168. The fraction of sp³-hybridized carbons (Fsp3) is 0.692. The average Bonchev–Trinajstić information content (AvgIpc) is 2.66. The molecule has 0 fully saturated rings. The largest absolute Gasteiger partial charge is 0.466 e. The molecule has 0 spiro atoms. The minimum Gasteiger partial charge on any atom is -0.466 e. The van der Waals surface area contributed by atoms with Gasteiger partial charge in [0.15, 0.2) is 0 Å². The third kappa shape index (κ3) is 13.0. The van der Waals surface area contributed by atoms with Gasteiger partial charge in [-0.15, -0.1) is 0 Å². The second-order valence-corrected chi connectivity index (χ2v) is 17.8. The van der Waals surface area contributed by atoms with Crippen LogP contribution in [0.3, 0.4) is 0 Å². The fourth-order valence-corrected chi connectivity index (χ4v) is 4.48. The van der Waals surface area contributed by atoms with Crippen LogP contribution >= 0.6 is 22.6 Å². The van der Waals surface area contributed by atoms with E-state index in [0.717, 1.165) is 31.7 Å². The lowest BCUT2D eigenvalue weighted by atomic mass is 9.87. The molecule has 32 heavy (non-hydrogen) atoms. The van der Waals surface area contributed by atoms with Gasteiger partial charge in [-0.1, -0.05) is 51.5 Å². The van der Waals surface area contributed by atoms with Crippen molar-refractivity contribution in [3.05, 3.63) is 33.4 Å². The monoisotopic (exact) mass is 574 g/mol. The smallest absolute Gasteiger partial charge is 0.309 e. The summed E-state index contributed by atoms with van der Waals surface area (Å²) in [6.45, 7) is 15.1. The molecule has 0 N–H and O–H groups in total.